The molecule has 0 unspecified atom stereocenters. The van der Waals surface area contributed by atoms with Crippen LogP contribution in [0.4, 0.5) is 0 Å². The molecule has 2 heterocycles. The Kier molecular flexibility index (Phi) is 4.13. The van der Waals surface area contributed by atoms with E-state index in [0.29, 0.717) is 18.0 Å². The lowest BCUT2D eigenvalue weighted by Crippen LogP contribution is -2.36. The Balaban J connectivity index is 2.39. The lowest BCUT2D eigenvalue weighted by molar-refractivity contribution is 0.346. The highest BCUT2D eigenvalue weighted by Crippen LogP contribution is 2.31. The number of sulfonamides is 1. The Morgan fingerprint density at radius 3 is 2.59 bits per heavy atom. The maximum absolute atomic E-state index is 12.5. The third-order valence-corrected chi connectivity index (χ3v) is 6.81. The zero-order valence-corrected chi connectivity index (χ0v) is 12.2. The van der Waals surface area contributed by atoms with Crippen LogP contribution in [0.1, 0.15) is 29.7 Å². The molecule has 1 aliphatic rings. The van der Waals surface area contributed by atoms with Crippen LogP contribution < -0.4 is 0 Å². The van der Waals surface area contributed by atoms with E-state index >= 15 is 0 Å². The van der Waals surface area contributed by atoms with E-state index in [1.54, 1.807) is 4.31 Å². The van der Waals surface area contributed by atoms with Gasteiger partial charge in [0.05, 0.1) is 5.88 Å². The summed E-state index contributed by atoms with van der Waals surface area (Å²) in [5, 5.41) is 1.87. The van der Waals surface area contributed by atoms with Crippen molar-refractivity contribution in [1.29, 1.82) is 0 Å². The lowest BCUT2D eigenvalue weighted by Gasteiger charge is -2.26. The lowest BCUT2D eigenvalue weighted by atomic mass is 10.2. The van der Waals surface area contributed by atoms with E-state index in [4.69, 9.17) is 11.6 Å². The molecule has 1 aromatic rings. The smallest absolute Gasteiger partial charge is 0.207 e. The van der Waals surface area contributed by atoms with Gasteiger partial charge in [0.25, 0.3) is 0 Å². The molecular weight excluding hydrogens is 278 g/mol. The topological polar surface area (TPSA) is 37.4 Å². The Morgan fingerprint density at radius 1 is 1.35 bits per heavy atom. The van der Waals surface area contributed by atoms with Gasteiger partial charge in [0, 0.05) is 18.0 Å². The number of hydrogen-bond donors (Lipinski definition) is 0. The summed E-state index contributed by atoms with van der Waals surface area (Å²) >= 11 is 7.25. The van der Waals surface area contributed by atoms with Crippen LogP contribution in [0.2, 0.25) is 0 Å². The first-order chi connectivity index (χ1) is 8.07. The normalized spacial score (nSPS) is 18.5. The summed E-state index contributed by atoms with van der Waals surface area (Å²) in [6, 6.07) is 0. The molecule has 3 nitrogen and oxygen atoms in total. The molecule has 0 N–H and O–H groups in total. The van der Waals surface area contributed by atoms with Crippen molar-refractivity contribution < 1.29 is 8.42 Å². The summed E-state index contributed by atoms with van der Waals surface area (Å²) in [5.74, 6) is 0.265. The fourth-order valence-corrected chi connectivity index (χ4v) is 5.69. The fraction of sp³-hybridized carbons (Fsp3) is 0.636. The summed E-state index contributed by atoms with van der Waals surface area (Å²) < 4.78 is 26.6. The van der Waals surface area contributed by atoms with Gasteiger partial charge in [0.1, 0.15) is 4.90 Å². The second-order valence-electron chi connectivity index (χ2n) is 4.27. The van der Waals surface area contributed by atoms with Gasteiger partial charge < -0.3 is 0 Å². The predicted molar refractivity (Wildman–Crippen MR) is 71.2 cm³/mol. The molecule has 0 bridgehead atoms. The molecule has 6 heteroatoms. The SMILES string of the molecule is Cc1csc(CCl)c1S(=O)(=O)N1CCCCC1. The van der Waals surface area contributed by atoms with E-state index in [1.165, 1.54) is 11.3 Å². The van der Waals surface area contributed by atoms with Gasteiger partial charge in [0.2, 0.25) is 10.0 Å². The Hall–Kier alpha value is -0.100. The number of piperidine rings is 1. The standard InChI is InChI=1S/C11H16ClNO2S2/c1-9-8-16-10(7-12)11(9)17(14,15)13-5-3-2-4-6-13/h8H,2-7H2,1H3. The Morgan fingerprint density at radius 2 is 2.00 bits per heavy atom. The average Bonchev–Trinajstić information content (AvgIpc) is 2.72. The van der Waals surface area contributed by atoms with Crippen LogP contribution in [0.25, 0.3) is 0 Å². The van der Waals surface area contributed by atoms with Crippen molar-refractivity contribution in [3.8, 4) is 0 Å². The van der Waals surface area contributed by atoms with Crippen molar-refractivity contribution in [2.24, 2.45) is 0 Å². The van der Waals surface area contributed by atoms with Gasteiger partial charge >= 0.3 is 0 Å². The minimum Gasteiger partial charge on any atom is -0.207 e. The first-order valence-corrected chi connectivity index (χ1v) is 8.56. The third-order valence-electron chi connectivity index (χ3n) is 3.02. The summed E-state index contributed by atoms with van der Waals surface area (Å²) in [7, 11) is -3.33. The number of aryl methyl sites for hydroxylation is 1. The monoisotopic (exact) mass is 293 g/mol. The predicted octanol–water partition coefficient (Wildman–Crippen LogP) is 2.97. The minimum atomic E-state index is -3.33. The van der Waals surface area contributed by atoms with Crippen molar-refractivity contribution in [1.82, 2.24) is 4.31 Å². The summed E-state index contributed by atoms with van der Waals surface area (Å²) in [4.78, 5) is 1.20. The van der Waals surface area contributed by atoms with Crippen LogP contribution in [0, 0.1) is 6.92 Å². The molecule has 96 valence electrons. The van der Waals surface area contributed by atoms with Crippen molar-refractivity contribution in [2.45, 2.75) is 37.0 Å². The highest BCUT2D eigenvalue weighted by Gasteiger charge is 2.30. The van der Waals surface area contributed by atoms with E-state index in [-0.39, 0.29) is 5.88 Å². The maximum atomic E-state index is 12.5. The second-order valence-corrected chi connectivity index (χ2v) is 7.38. The van der Waals surface area contributed by atoms with Gasteiger partial charge in [-0.1, -0.05) is 6.42 Å². The molecule has 1 aliphatic heterocycles. The average molecular weight is 294 g/mol. The van der Waals surface area contributed by atoms with Gasteiger partial charge in [-0.3, -0.25) is 0 Å². The quantitative estimate of drug-likeness (QED) is 0.804. The van der Waals surface area contributed by atoms with Crippen LogP contribution in [0.5, 0.6) is 0 Å². The second kappa shape index (κ2) is 5.26. The van der Waals surface area contributed by atoms with Gasteiger partial charge in [-0.05, 0) is 30.7 Å². The first kappa shape index (κ1) is 13.3. The Labute approximate surface area is 111 Å². The summed E-state index contributed by atoms with van der Waals surface area (Å²) in [6.45, 7) is 3.11. The highest BCUT2D eigenvalue weighted by atomic mass is 35.5. The molecule has 0 amide bonds. The van der Waals surface area contributed by atoms with Gasteiger partial charge in [-0.2, -0.15) is 4.31 Å². The number of alkyl halides is 1. The molecular formula is C11H16ClNO2S2. The van der Waals surface area contributed by atoms with Gasteiger partial charge in [-0.15, -0.1) is 22.9 Å². The van der Waals surface area contributed by atoms with Crippen LogP contribution in [0.15, 0.2) is 10.3 Å². The van der Waals surface area contributed by atoms with Gasteiger partial charge in [-0.25, -0.2) is 8.42 Å². The van der Waals surface area contributed by atoms with Gasteiger partial charge in [0.15, 0.2) is 0 Å². The first-order valence-electron chi connectivity index (χ1n) is 5.70. The molecule has 1 saturated heterocycles. The maximum Gasteiger partial charge on any atom is 0.244 e. The zero-order chi connectivity index (χ0) is 12.5. The molecule has 17 heavy (non-hydrogen) atoms. The summed E-state index contributed by atoms with van der Waals surface area (Å²) in [6.07, 6.45) is 3.04. The fourth-order valence-electron chi connectivity index (χ4n) is 2.16. The van der Waals surface area contributed by atoms with E-state index in [0.717, 1.165) is 29.7 Å². The highest BCUT2D eigenvalue weighted by molar-refractivity contribution is 7.89. The molecule has 0 radical (unpaired) electrons. The molecule has 0 aliphatic carbocycles. The molecule has 1 fully saturated rings. The third kappa shape index (κ3) is 2.52. The zero-order valence-electron chi connectivity index (χ0n) is 9.78. The minimum absolute atomic E-state index is 0.265. The van der Waals surface area contributed by atoms with E-state index in [9.17, 15) is 8.42 Å². The summed E-state index contributed by atoms with van der Waals surface area (Å²) in [5.41, 5.74) is 0.816. The molecule has 0 spiro atoms. The molecule has 0 aromatic carbocycles. The molecule has 1 aromatic heterocycles. The van der Waals surface area contributed by atoms with E-state index < -0.39 is 10.0 Å². The number of thiophene rings is 1. The van der Waals surface area contributed by atoms with Crippen LogP contribution in [0.3, 0.4) is 0 Å². The van der Waals surface area contributed by atoms with Crippen LogP contribution in [-0.4, -0.2) is 25.8 Å². The van der Waals surface area contributed by atoms with Crippen molar-refractivity contribution in [2.75, 3.05) is 13.1 Å². The van der Waals surface area contributed by atoms with Crippen molar-refractivity contribution in [3.05, 3.63) is 15.8 Å². The van der Waals surface area contributed by atoms with Crippen LogP contribution in [-0.2, 0) is 15.9 Å². The van der Waals surface area contributed by atoms with Crippen molar-refractivity contribution in [3.63, 3.8) is 0 Å². The van der Waals surface area contributed by atoms with E-state index in [2.05, 4.69) is 0 Å². The van der Waals surface area contributed by atoms with E-state index in [1.807, 2.05) is 12.3 Å². The molecule has 2 rings (SSSR count). The largest absolute Gasteiger partial charge is 0.244 e. The number of halogens is 1. The van der Waals surface area contributed by atoms with Crippen molar-refractivity contribution >= 4 is 33.0 Å². The van der Waals surface area contributed by atoms with Crippen LogP contribution >= 0.6 is 22.9 Å². The molecule has 0 saturated carbocycles. The Bertz CT molecular complexity index is 490. The molecule has 0 atom stereocenters. The number of rotatable bonds is 3. The number of hydrogen-bond acceptors (Lipinski definition) is 3. The number of nitrogens with zero attached hydrogens (tertiary/aromatic N) is 1.